The number of allylic oxidation sites excluding steroid dienone is 21. The van der Waals surface area contributed by atoms with Crippen LogP contribution in [-0.2, 0) is 28.7 Å². The van der Waals surface area contributed by atoms with Crippen molar-refractivity contribution in [3.05, 3.63) is 190 Å². The normalized spacial score (nSPS) is 19.3. The number of esters is 1. The molecule has 0 saturated heterocycles. The minimum absolute atomic E-state index is 0.0563. The SMILES string of the molecule is CC1=C(/C=C/C(C)=C/C=C/C(C)=C/C=C/C=C(C)/C=C/C=C(C)/C=C/C2=C(C)C(=O)[C@H](C(CNC(=O)c3cccnc3)C(=O)O)CC2(C)C)C(C)(C)C[C@H](OC(=O)CCNC(=O)c2cccnc2)C1=O.C[C@H](N)C(=O)O. The zero-order valence-electron chi connectivity index (χ0n) is 45.7. The second kappa shape index (κ2) is 29.8. The van der Waals surface area contributed by atoms with Crippen LogP contribution >= 0.6 is 0 Å². The first-order valence-corrected chi connectivity index (χ1v) is 25.1. The van der Waals surface area contributed by atoms with E-state index in [1.165, 1.54) is 19.3 Å². The lowest BCUT2D eigenvalue weighted by Crippen LogP contribution is -2.44. The van der Waals surface area contributed by atoms with E-state index < -0.39 is 58.6 Å². The molecule has 0 aliphatic heterocycles. The van der Waals surface area contributed by atoms with Gasteiger partial charge >= 0.3 is 17.9 Å². The maximum absolute atomic E-state index is 13.6. The number of hydrogen-bond donors (Lipinski definition) is 5. The van der Waals surface area contributed by atoms with E-state index >= 15 is 0 Å². The highest BCUT2D eigenvalue weighted by Crippen LogP contribution is 2.45. The smallest absolute Gasteiger partial charge is 0.320 e. The van der Waals surface area contributed by atoms with Gasteiger partial charge < -0.3 is 31.3 Å². The number of carboxylic acids is 2. The molecule has 76 heavy (non-hydrogen) atoms. The van der Waals surface area contributed by atoms with Crippen molar-refractivity contribution >= 4 is 41.3 Å². The largest absolute Gasteiger partial charge is 0.481 e. The van der Waals surface area contributed by atoms with Gasteiger partial charge in [-0.1, -0.05) is 135 Å². The number of nitrogens with one attached hydrogen (secondary N) is 2. The van der Waals surface area contributed by atoms with E-state index in [1.54, 1.807) is 50.5 Å². The van der Waals surface area contributed by atoms with E-state index in [0.29, 0.717) is 35.1 Å². The van der Waals surface area contributed by atoms with Crippen molar-refractivity contribution in [2.45, 2.75) is 108 Å². The number of nitrogens with two attached hydrogens (primary N) is 1. The highest BCUT2D eigenvalue weighted by Gasteiger charge is 2.44. The number of amides is 2. The highest BCUT2D eigenvalue weighted by molar-refractivity contribution is 6.02. The number of aliphatic carboxylic acids is 2. The van der Waals surface area contributed by atoms with Gasteiger partial charge in [0.05, 0.1) is 23.5 Å². The van der Waals surface area contributed by atoms with Crippen LogP contribution in [0.5, 0.6) is 0 Å². The van der Waals surface area contributed by atoms with E-state index in [2.05, 4.69) is 20.6 Å². The minimum atomic E-state index is -1.13. The second-order valence-electron chi connectivity index (χ2n) is 20.3. The molecule has 0 saturated carbocycles. The number of aromatic nitrogens is 2. The molecule has 2 heterocycles. The zero-order chi connectivity index (χ0) is 56.8. The van der Waals surface area contributed by atoms with Crippen LogP contribution in [0.4, 0.5) is 0 Å². The molecular weight excluding hydrogens is 963 g/mol. The third-order valence-corrected chi connectivity index (χ3v) is 12.8. The number of carboxylic acid groups (broad SMARTS) is 2. The molecule has 0 spiro atoms. The molecule has 0 bridgehead atoms. The summed E-state index contributed by atoms with van der Waals surface area (Å²) in [5.74, 6) is -5.71. The number of pyridine rings is 2. The zero-order valence-corrected chi connectivity index (χ0v) is 45.7. The Morgan fingerprint density at radius 1 is 0.684 bits per heavy atom. The first-order chi connectivity index (χ1) is 35.7. The molecular formula is C61H75N5O10. The molecule has 0 radical (unpaired) electrons. The fourth-order valence-corrected chi connectivity index (χ4v) is 8.41. The molecule has 2 aromatic heterocycles. The summed E-state index contributed by atoms with van der Waals surface area (Å²) in [6.07, 6.45) is 33.5. The average Bonchev–Trinajstić information content (AvgIpc) is 3.36. The van der Waals surface area contributed by atoms with Crippen LogP contribution < -0.4 is 16.4 Å². The maximum atomic E-state index is 13.6. The second-order valence-corrected chi connectivity index (χ2v) is 20.3. The van der Waals surface area contributed by atoms with Gasteiger partial charge in [0.1, 0.15) is 6.04 Å². The number of rotatable bonds is 21. The maximum Gasteiger partial charge on any atom is 0.320 e. The Morgan fingerprint density at radius 2 is 1.12 bits per heavy atom. The monoisotopic (exact) mass is 1040 g/mol. The molecule has 0 fully saturated rings. The van der Waals surface area contributed by atoms with Crippen LogP contribution in [0, 0.1) is 22.7 Å². The number of nitrogens with zero attached hydrogens (tertiary/aromatic N) is 2. The number of hydrogen-bond acceptors (Lipinski definition) is 11. The Labute approximate surface area is 447 Å². The summed E-state index contributed by atoms with van der Waals surface area (Å²) in [4.78, 5) is 94.2. The lowest BCUT2D eigenvalue weighted by atomic mass is 9.64. The minimum Gasteiger partial charge on any atom is -0.481 e. The third kappa shape index (κ3) is 20.1. The summed E-state index contributed by atoms with van der Waals surface area (Å²) in [5, 5.41) is 23.3. The highest BCUT2D eigenvalue weighted by atomic mass is 16.5. The molecule has 1 unspecified atom stereocenters. The van der Waals surface area contributed by atoms with E-state index in [4.69, 9.17) is 15.6 Å². The molecule has 404 valence electrons. The molecule has 2 aliphatic carbocycles. The van der Waals surface area contributed by atoms with Gasteiger partial charge in [-0.25, -0.2) is 0 Å². The van der Waals surface area contributed by atoms with Crippen LogP contribution in [-0.4, -0.2) is 86.7 Å². The molecule has 2 aromatic rings. The molecule has 4 atom stereocenters. The number of carbonyl (C=O) groups is 7. The summed E-state index contributed by atoms with van der Waals surface area (Å²) in [5.41, 5.74) is 11.6. The summed E-state index contributed by atoms with van der Waals surface area (Å²) in [7, 11) is 0. The van der Waals surface area contributed by atoms with Gasteiger partial charge in [0, 0.05) is 50.2 Å². The lowest BCUT2D eigenvalue weighted by molar-refractivity contribution is -0.155. The topological polar surface area (TPSA) is 245 Å². The van der Waals surface area contributed by atoms with Gasteiger partial charge in [-0.2, -0.15) is 0 Å². The van der Waals surface area contributed by atoms with Crippen molar-refractivity contribution in [2.75, 3.05) is 13.1 Å². The van der Waals surface area contributed by atoms with Crippen LogP contribution in [0.3, 0.4) is 0 Å². The van der Waals surface area contributed by atoms with Crippen LogP contribution in [0.25, 0.3) is 0 Å². The first kappa shape index (κ1) is 62.4. The molecule has 6 N–H and O–H groups in total. The summed E-state index contributed by atoms with van der Waals surface area (Å²) in [6, 6.07) is 5.78. The lowest BCUT2D eigenvalue weighted by Gasteiger charge is -2.39. The number of carbonyl (C=O) groups excluding carboxylic acids is 5. The van der Waals surface area contributed by atoms with Gasteiger partial charge in [-0.15, -0.1) is 0 Å². The molecule has 15 heteroatoms. The van der Waals surface area contributed by atoms with E-state index in [-0.39, 0.29) is 37.0 Å². The van der Waals surface area contributed by atoms with Crippen molar-refractivity contribution in [2.24, 2.45) is 28.4 Å². The van der Waals surface area contributed by atoms with Crippen molar-refractivity contribution in [3.8, 4) is 0 Å². The van der Waals surface area contributed by atoms with Crippen LogP contribution in [0.15, 0.2) is 179 Å². The molecule has 15 nitrogen and oxygen atoms in total. The van der Waals surface area contributed by atoms with Crippen molar-refractivity contribution in [1.82, 2.24) is 20.6 Å². The molecule has 2 aliphatic rings. The van der Waals surface area contributed by atoms with E-state index in [1.807, 2.05) is 140 Å². The standard InChI is InChI=1S/C58H68N4O8.C3H7NO2/c1-38(19-13-21-40(3)25-27-48-42(5)52(64)46(33-57(48,7)8)47(56(68)69)37-62-55(67)45-24-16-31-60-36-45)17-11-12-18-39(2)20-14-22-41(4)26-28-49-43(6)53(65)50(34-58(49,9)10)70-51(63)29-32-61-54(66)44-23-15-30-59-35-44;1-2(4)3(5)6/h11-28,30-31,35-36,46-47,50H,29,32-34,37H2,1-10H3,(H,61,66)(H,62,67)(H,68,69);2H,4H2,1H3,(H,5,6)/b12-11+,19-13+,20-14+,27-25+,28-26+,38-17+,39-18+,40-21+,41-22+;/t46-,47?,50-;2-/m00/s1. The first-order valence-electron chi connectivity index (χ1n) is 25.1. The predicted molar refractivity (Wildman–Crippen MR) is 296 cm³/mol. The Kier molecular flexibility index (Phi) is 24.5. The van der Waals surface area contributed by atoms with Gasteiger partial charge in [-0.3, -0.25) is 43.5 Å². The fraction of sp³-hybridized carbons (Fsp3) is 0.361. The summed E-state index contributed by atoms with van der Waals surface area (Å²) >= 11 is 0. The van der Waals surface area contributed by atoms with Gasteiger partial charge in [0.15, 0.2) is 17.7 Å². The Morgan fingerprint density at radius 3 is 1.57 bits per heavy atom. The van der Waals surface area contributed by atoms with Gasteiger partial charge in [0.2, 0.25) is 0 Å². The Bertz CT molecular complexity index is 2800. The molecule has 4 rings (SSSR count). The number of ether oxygens (including phenoxy) is 1. The summed E-state index contributed by atoms with van der Waals surface area (Å²) in [6.45, 7) is 20.9. The fourth-order valence-electron chi connectivity index (χ4n) is 8.41. The quantitative estimate of drug-likeness (QED) is 0.0578. The van der Waals surface area contributed by atoms with E-state index in [9.17, 15) is 38.7 Å². The third-order valence-electron chi connectivity index (χ3n) is 12.8. The molecule has 2 amide bonds. The number of ketones is 2. The summed E-state index contributed by atoms with van der Waals surface area (Å²) < 4.78 is 5.60. The predicted octanol–water partition coefficient (Wildman–Crippen LogP) is 9.87. The number of Topliss-reactive ketones (excluding diaryl/α,β-unsaturated/α-hetero) is 2. The van der Waals surface area contributed by atoms with Gasteiger partial charge in [0.25, 0.3) is 11.8 Å². The average molecular weight is 1040 g/mol. The van der Waals surface area contributed by atoms with Crippen molar-refractivity contribution in [1.29, 1.82) is 0 Å². The van der Waals surface area contributed by atoms with Crippen LogP contribution in [0.1, 0.15) is 116 Å². The Hall–Kier alpha value is -7.91. The van der Waals surface area contributed by atoms with Gasteiger partial charge in [-0.05, 0) is 112 Å². The Balaban J connectivity index is 0.00000239. The molecule has 0 aromatic carbocycles. The van der Waals surface area contributed by atoms with Crippen LogP contribution in [0.2, 0.25) is 0 Å². The van der Waals surface area contributed by atoms with E-state index in [0.717, 1.165) is 33.4 Å². The van der Waals surface area contributed by atoms with Crippen molar-refractivity contribution < 1.29 is 48.5 Å². The van der Waals surface area contributed by atoms with Crippen molar-refractivity contribution in [3.63, 3.8) is 0 Å².